The van der Waals surface area contributed by atoms with Crippen molar-refractivity contribution in [2.45, 2.75) is 110 Å². The number of hydrogen-bond acceptors (Lipinski definition) is 6. The van der Waals surface area contributed by atoms with Gasteiger partial charge in [0.05, 0.1) is 17.2 Å². The van der Waals surface area contributed by atoms with Crippen molar-refractivity contribution < 1.29 is 28.1 Å². The molecule has 0 aromatic carbocycles. The third-order valence-electron chi connectivity index (χ3n) is 8.84. The normalized spacial score (nSPS) is 31.8. The third kappa shape index (κ3) is 6.24. The molecule has 1 aliphatic heterocycles. The molecule has 0 spiro atoms. The Hall–Kier alpha value is -2.43. The quantitative estimate of drug-likeness (QED) is 0.360. The molecule has 1 heterocycles. The van der Waals surface area contributed by atoms with Crippen molar-refractivity contribution in [2.24, 2.45) is 28.6 Å². The molecule has 4 rings (SSSR count). The standard InChI is InChI=1S/C29H46N4O6S/c1-10-16-13-29(16,14-19(34)32-40(38)17-11-12-17)31-23(35)21-20-18(28(20,8)9)15-33(21)24(36)22(26(2,3)4)30-25(37)39-27(5,6)7/h10,16-18,20-22H,1,11-15H2,2-9H3,(H,30,37)(H,31,35)(H,32,34). The lowest BCUT2D eigenvalue weighted by atomic mass is 9.85. The van der Waals surface area contributed by atoms with Gasteiger partial charge >= 0.3 is 6.09 Å². The highest BCUT2D eigenvalue weighted by atomic mass is 32.2. The molecule has 3 aliphatic carbocycles. The highest BCUT2D eigenvalue weighted by molar-refractivity contribution is 7.84. The Morgan fingerprint density at radius 2 is 1.75 bits per heavy atom. The van der Waals surface area contributed by atoms with E-state index in [1.54, 1.807) is 31.7 Å². The molecule has 11 heteroatoms. The number of hydrogen-bond donors (Lipinski definition) is 3. The lowest BCUT2D eigenvalue weighted by Crippen LogP contribution is -2.60. The Labute approximate surface area is 240 Å². The Kier molecular flexibility index (Phi) is 7.73. The maximum Gasteiger partial charge on any atom is 0.408 e. The van der Waals surface area contributed by atoms with Crippen LogP contribution >= 0.6 is 0 Å². The first-order valence-corrected chi connectivity index (χ1v) is 15.5. The van der Waals surface area contributed by atoms with Crippen molar-refractivity contribution >= 4 is 34.8 Å². The number of rotatable bonds is 9. The number of ether oxygens (including phenoxy) is 1. The molecule has 3 N–H and O–H groups in total. The molecule has 40 heavy (non-hydrogen) atoms. The van der Waals surface area contributed by atoms with Gasteiger partial charge in [0.2, 0.25) is 17.7 Å². The summed E-state index contributed by atoms with van der Waals surface area (Å²) in [6.07, 6.45) is 3.27. The first-order valence-electron chi connectivity index (χ1n) is 14.3. The van der Waals surface area contributed by atoms with Crippen LogP contribution in [0.3, 0.4) is 0 Å². The van der Waals surface area contributed by atoms with Gasteiger partial charge < -0.3 is 20.3 Å². The highest BCUT2D eigenvalue weighted by Gasteiger charge is 2.70. The van der Waals surface area contributed by atoms with Gasteiger partial charge in [-0.1, -0.05) is 40.7 Å². The molecule has 3 saturated carbocycles. The first kappa shape index (κ1) is 30.5. The van der Waals surface area contributed by atoms with Gasteiger partial charge in [-0.25, -0.2) is 9.00 Å². The Bertz CT molecular complexity index is 1120. The fourth-order valence-electron chi connectivity index (χ4n) is 6.21. The number of carbonyl (C=O) groups excluding carboxylic acids is 4. The number of alkyl carbamates (subject to hydrolysis) is 1. The van der Waals surface area contributed by atoms with Crippen molar-refractivity contribution in [3.8, 4) is 0 Å². The van der Waals surface area contributed by atoms with E-state index < -0.39 is 45.7 Å². The molecule has 10 nitrogen and oxygen atoms in total. The second kappa shape index (κ2) is 10.1. The van der Waals surface area contributed by atoms with Gasteiger partial charge in [-0.3, -0.25) is 19.1 Å². The molecule has 1 saturated heterocycles. The smallest absolute Gasteiger partial charge is 0.408 e. The lowest BCUT2D eigenvalue weighted by molar-refractivity contribution is -0.144. The van der Waals surface area contributed by atoms with Gasteiger partial charge in [-0.15, -0.1) is 6.58 Å². The zero-order valence-corrected chi connectivity index (χ0v) is 25.9. The molecule has 7 atom stereocenters. The summed E-state index contributed by atoms with van der Waals surface area (Å²) in [5.41, 5.74) is -2.30. The second-order valence-corrected chi connectivity index (χ2v) is 16.2. The maximum atomic E-state index is 14.0. The van der Waals surface area contributed by atoms with Crippen LogP contribution in [0.5, 0.6) is 0 Å². The van der Waals surface area contributed by atoms with Crippen LogP contribution in [0.15, 0.2) is 12.7 Å². The predicted molar refractivity (Wildman–Crippen MR) is 152 cm³/mol. The minimum absolute atomic E-state index is 0.00312. The predicted octanol–water partition coefficient (Wildman–Crippen LogP) is 2.80. The number of nitrogens with zero attached hydrogens (tertiary/aromatic N) is 1. The molecule has 0 aromatic rings. The van der Waals surface area contributed by atoms with Crippen LogP contribution in [0.4, 0.5) is 4.79 Å². The number of carbonyl (C=O) groups is 4. The van der Waals surface area contributed by atoms with Crippen LogP contribution in [0.2, 0.25) is 0 Å². The summed E-state index contributed by atoms with van der Waals surface area (Å²) in [5.74, 6) is -0.979. The van der Waals surface area contributed by atoms with Crippen molar-refractivity contribution in [3.05, 3.63) is 12.7 Å². The Morgan fingerprint density at radius 1 is 1.12 bits per heavy atom. The molecule has 4 amide bonds. The summed E-state index contributed by atoms with van der Waals surface area (Å²) in [4.78, 5) is 55.0. The van der Waals surface area contributed by atoms with Gasteiger partial charge in [0, 0.05) is 12.5 Å². The Morgan fingerprint density at radius 3 is 2.25 bits per heavy atom. The summed E-state index contributed by atoms with van der Waals surface area (Å²) < 4.78 is 20.2. The van der Waals surface area contributed by atoms with E-state index in [1.807, 2.05) is 20.8 Å². The molecule has 0 aromatic heterocycles. The van der Waals surface area contributed by atoms with Crippen LogP contribution in [0, 0.1) is 28.6 Å². The van der Waals surface area contributed by atoms with Gasteiger partial charge in [-0.2, -0.15) is 0 Å². The summed E-state index contributed by atoms with van der Waals surface area (Å²) in [7, 11) is -1.41. The molecular formula is C29H46N4O6S. The van der Waals surface area contributed by atoms with Gasteiger partial charge in [-0.05, 0) is 62.7 Å². The minimum atomic E-state index is -1.41. The van der Waals surface area contributed by atoms with Crippen molar-refractivity contribution in [1.29, 1.82) is 0 Å². The van der Waals surface area contributed by atoms with Crippen LogP contribution < -0.4 is 15.4 Å². The van der Waals surface area contributed by atoms with E-state index in [4.69, 9.17) is 4.74 Å². The molecule has 4 aliphatic rings. The van der Waals surface area contributed by atoms with Crippen molar-refractivity contribution in [1.82, 2.24) is 20.3 Å². The molecule has 224 valence electrons. The molecule has 7 unspecified atom stereocenters. The fourth-order valence-corrected chi connectivity index (χ4v) is 7.23. The number of piperidine rings is 1. The van der Waals surface area contributed by atoms with Gasteiger partial charge in [0.25, 0.3) is 0 Å². The third-order valence-corrected chi connectivity index (χ3v) is 10.3. The monoisotopic (exact) mass is 578 g/mol. The summed E-state index contributed by atoms with van der Waals surface area (Å²) in [6.45, 7) is 19.3. The van der Waals surface area contributed by atoms with E-state index in [-0.39, 0.29) is 52.6 Å². The average molecular weight is 579 g/mol. The van der Waals surface area contributed by atoms with Crippen LogP contribution in [-0.4, -0.2) is 67.9 Å². The van der Waals surface area contributed by atoms with Crippen molar-refractivity contribution in [2.75, 3.05) is 6.54 Å². The van der Waals surface area contributed by atoms with Crippen LogP contribution in [-0.2, 0) is 30.1 Å². The van der Waals surface area contributed by atoms with Gasteiger partial charge in [0.1, 0.15) is 28.7 Å². The second-order valence-electron chi connectivity index (χ2n) is 14.7. The average Bonchev–Trinajstić information content (AvgIpc) is 3.74. The summed E-state index contributed by atoms with van der Waals surface area (Å²) in [5, 5.41) is 5.88. The number of fused-ring (bicyclic) bond motifs is 1. The maximum absolute atomic E-state index is 14.0. The molecular weight excluding hydrogens is 532 g/mol. The van der Waals surface area contributed by atoms with Crippen molar-refractivity contribution in [3.63, 3.8) is 0 Å². The van der Waals surface area contributed by atoms with E-state index >= 15 is 0 Å². The highest BCUT2D eigenvalue weighted by Crippen LogP contribution is 2.65. The van der Waals surface area contributed by atoms with E-state index in [9.17, 15) is 23.4 Å². The zero-order valence-electron chi connectivity index (χ0n) is 25.1. The van der Waals surface area contributed by atoms with E-state index in [0.717, 1.165) is 12.8 Å². The lowest BCUT2D eigenvalue weighted by Gasteiger charge is -2.38. The summed E-state index contributed by atoms with van der Waals surface area (Å²) >= 11 is 0. The first-order chi connectivity index (χ1) is 18.3. The van der Waals surface area contributed by atoms with Crippen LogP contribution in [0.1, 0.15) is 81.1 Å². The largest absolute Gasteiger partial charge is 0.444 e. The number of amides is 4. The number of nitrogens with one attached hydrogen (secondary N) is 3. The van der Waals surface area contributed by atoms with Crippen LogP contribution in [0.25, 0.3) is 0 Å². The SMILES string of the molecule is C=CC1CC1(CC(=O)NS(=O)C1CC1)NC(=O)C1C2C(CN1C(=O)C(NC(=O)OC(C)(C)C)C(C)(C)C)C2(C)C. The zero-order chi connectivity index (χ0) is 30.0. The minimum Gasteiger partial charge on any atom is -0.444 e. The van der Waals surface area contributed by atoms with E-state index in [0.29, 0.717) is 13.0 Å². The molecule has 4 fully saturated rings. The topological polar surface area (TPSA) is 134 Å². The Balaban J connectivity index is 1.52. The summed E-state index contributed by atoms with van der Waals surface area (Å²) in [6, 6.07) is -1.64. The number of likely N-dealkylation sites (tertiary alicyclic amines) is 1. The van der Waals surface area contributed by atoms with Gasteiger partial charge in [0.15, 0.2) is 0 Å². The fraction of sp³-hybridized carbons (Fsp3) is 0.793. The molecule has 0 radical (unpaired) electrons. The van der Waals surface area contributed by atoms with E-state index in [1.165, 1.54) is 0 Å². The van der Waals surface area contributed by atoms with E-state index in [2.05, 4.69) is 35.8 Å². The molecule has 0 bridgehead atoms.